The minimum absolute atomic E-state index is 0.0114. The first-order valence-electron chi connectivity index (χ1n) is 11.0. The van der Waals surface area contributed by atoms with E-state index in [0.717, 1.165) is 11.6 Å². The zero-order chi connectivity index (χ0) is 24.7. The number of ether oxygens (including phenoxy) is 2. The van der Waals surface area contributed by atoms with Gasteiger partial charge in [-0.15, -0.1) is 0 Å². The summed E-state index contributed by atoms with van der Waals surface area (Å²) in [5, 5.41) is 0.602. The van der Waals surface area contributed by atoms with Crippen molar-refractivity contribution in [3.63, 3.8) is 0 Å². The van der Waals surface area contributed by atoms with Crippen LogP contribution in [0, 0.1) is 6.92 Å². The fraction of sp³-hybridized carbons (Fsp3) is 0.435. The van der Waals surface area contributed by atoms with E-state index >= 15 is 0 Å². The maximum Gasteiger partial charge on any atom is 0.299 e. The standard InChI is InChI=1S/C23H29F2N3O4SSi/c1-17-5-7-19(8-6-17)33(29,30)28-14-23(24,25)15-32-22-20(28)13-18-9-10-27(21(18)26-22)16-31-11-12-34(2,3)4/h5-10,13H,11-12,14-16H2,1-4H3. The van der Waals surface area contributed by atoms with Gasteiger partial charge in [-0.25, -0.2) is 17.2 Å². The van der Waals surface area contributed by atoms with E-state index in [4.69, 9.17) is 9.47 Å². The highest BCUT2D eigenvalue weighted by Gasteiger charge is 2.42. The maximum absolute atomic E-state index is 14.6. The molecule has 1 aliphatic rings. The van der Waals surface area contributed by atoms with Gasteiger partial charge in [0.2, 0.25) is 5.88 Å². The molecule has 7 nitrogen and oxygen atoms in total. The smallest absolute Gasteiger partial charge is 0.299 e. The van der Waals surface area contributed by atoms with Crippen molar-refractivity contribution in [2.75, 3.05) is 24.1 Å². The highest BCUT2D eigenvalue weighted by molar-refractivity contribution is 7.92. The van der Waals surface area contributed by atoms with Crippen molar-refractivity contribution >= 4 is 34.8 Å². The quantitative estimate of drug-likeness (QED) is 0.335. The van der Waals surface area contributed by atoms with E-state index in [1.165, 1.54) is 18.2 Å². The van der Waals surface area contributed by atoms with Crippen LogP contribution in [0.15, 0.2) is 47.5 Å². The second kappa shape index (κ2) is 8.93. The molecule has 0 saturated heterocycles. The molecule has 0 fully saturated rings. The van der Waals surface area contributed by atoms with Crippen LogP contribution >= 0.6 is 0 Å². The van der Waals surface area contributed by atoms with Crippen LogP contribution in [0.3, 0.4) is 0 Å². The Kier molecular flexibility index (Phi) is 6.47. The first kappa shape index (κ1) is 24.6. The van der Waals surface area contributed by atoms with Crippen LogP contribution in [0.25, 0.3) is 11.0 Å². The Morgan fingerprint density at radius 3 is 2.56 bits per heavy atom. The average Bonchev–Trinajstić information content (AvgIpc) is 3.08. The van der Waals surface area contributed by atoms with Gasteiger partial charge >= 0.3 is 0 Å². The predicted molar refractivity (Wildman–Crippen MR) is 130 cm³/mol. The average molecular weight is 510 g/mol. The largest absolute Gasteiger partial charge is 0.470 e. The number of pyridine rings is 1. The number of fused-ring (bicyclic) bond motifs is 2. The van der Waals surface area contributed by atoms with Crippen molar-refractivity contribution in [1.82, 2.24) is 9.55 Å². The number of halogens is 2. The van der Waals surface area contributed by atoms with Gasteiger partial charge in [-0.3, -0.25) is 4.31 Å². The zero-order valence-corrected chi connectivity index (χ0v) is 21.5. The van der Waals surface area contributed by atoms with Gasteiger partial charge < -0.3 is 14.0 Å². The molecule has 0 bridgehead atoms. The van der Waals surface area contributed by atoms with E-state index in [1.807, 2.05) is 6.92 Å². The number of benzene rings is 1. The molecule has 4 rings (SSSR count). The van der Waals surface area contributed by atoms with Crippen LogP contribution in [0.2, 0.25) is 25.7 Å². The fourth-order valence-corrected chi connectivity index (χ4v) is 5.82. The van der Waals surface area contributed by atoms with Gasteiger partial charge in [-0.2, -0.15) is 4.98 Å². The van der Waals surface area contributed by atoms with Gasteiger partial charge in [0.25, 0.3) is 15.9 Å². The Labute approximate surface area is 199 Å². The lowest BCUT2D eigenvalue weighted by atomic mass is 10.2. The number of nitrogens with zero attached hydrogens (tertiary/aromatic N) is 3. The Bertz CT molecular complexity index is 1290. The van der Waals surface area contributed by atoms with Crippen LogP contribution in [-0.4, -0.2) is 51.7 Å². The summed E-state index contributed by atoms with van der Waals surface area (Å²) in [4.78, 5) is 4.36. The van der Waals surface area contributed by atoms with Gasteiger partial charge in [0, 0.05) is 26.3 Å². The molecule has 0 saturated carbocycles. The van der Waals surface area contributed by atoms with Crippen molar-refractivity contribution < 1.29 is 26.7 Å². The molecule has 0 spiro atoms. The van der Waals surface area contributed by atoms with Crippen molar-refractivity contribution in [3.8, 4) is 5.88 Å². The summed E-state index contributed by atoms with van der Waals surface area (Å²) in [5.41, 5.74) is 1.33. The van der Waals surface area contributed by atoms with Gasteiger partial charge in [0.05, 0.1) is 4.90 Å². The summed E-state index contributed by atoms with van der Waals surface area (Å²) in [6.45, 7) is 7.48. The minimum Gasteiger partial charge on any atom is -0.470 e. The van der Waals surface area contributed by atoms with Gasteiger partial charge in [-0.1, -0.05) is 37.3 Å². The molecular formula is C23H29F2N3O4SSi. The van der Waals surface area contributed by atoms with Crippen molar-refractivity contribution in [2.45, 2.75) is 50.2 Å². The Morgan fingerprint density at radius 2 is 1.88 bits per heavy atom. The lowest BCUT2D eigenvalue weighted by Crippen LogP contribution is -2.42. The second-order valence-electron chi connectivity index (χ2n) is 9.83. The molecule has 3 heterocycles. The number of aryl methyl sites for hydroxylation is 1. The number of rotatable bonds is 7. The summed E-state index contributed by atoms with van der Waals surface area (Å²) < 4.78 is 69.5. The molecule has 1 aliphatic heterocycles. The third kappa shape index (κ3) is 5.26. The molecule has 0 aliphatic carbocycles. The van der Waals surface area contributed by atoms with E-state index in [0.29, 0.717) is 21.9 Å². The lowest BCUT2D eigenvalue weighted by Gasteiger charge is -2.25. The van der Waals surface area contributed by atoms with Crippen molar-refractivity contribution in [2.24, 2.45) is 0 Å². The summed E-state index contributed by atoms with van der Waals surface area (Å²) in [7, 11) is -5.51. The molecule has 0 radical (unpaired) electrons. The third-order valence-electron chi connectivity index (χ3n) is 5.58. The molecular weight excluding hydrogens is 480 g/mol. The summed E-state index contributed by atoms with van der Waals surface area (Å²) in [6.07, 6.45) is 1.78. The van der Waals surface area contributed by atoms with E-state index in [-0.39, 0.29) is 23.2 Å². The molecule has 0 amide bonds. The van der Waals surface area contributed by atoms with Crippen LogP contribution < -0.4 is 9.04 Å². The highest BCUT2D eigenvalue weighted by Crippen LogP contribution is 2.39. The first-order chi connectivity index (χ1) is 15.9. The molecule has 1 aromatic carbocycles. The van der Waals surface area contributed by atoms with Gasteiger partial charge in [0.15, 0.2) is 6.61 Å². The van der Waals surface area contributed by atoms with Crippen LogP contribution in [0.4, 0.5) is 14.5 Å². The molecule has 184 valence electrons. The molecule has 0 atom stereocenters. The van der Waals surface area contributed by atoms with E-state index in [2.05, 4.69) is 24.6 Å². The van der Waals surface area contributed by atoms with Crippen LogP contribution in [-0.2, 0) is 21.5 Å². The van der Waals surface area contributed by atoms with E-state index in [9.17, 15) is 17.2 Å². The molecule has 0 unspecified atom stereocenters. The summed E-state index contributed by atoms with van der Waals surface area (Å²) >= 11 is 0. The Morgan fingerprint density at radius 1 is 1.18 bits per heavy atom. The first-order valence-corrected chi connectivity index (χ1v) is 16.2. The van der Waals surface area contributed by atoms with Crippen molar-refractivity contribution in [1.29, 1.82) is 0 Å². The predicted octanol–water partition coefficient (Wildman–Crippen LogP) is 4.88. The summed E-state index contributed by atoms with van der Waals surface area (Å²) in [5.74, 6) is -3.54. The third-order valence-corrected chi connectivity index (χ3v) is 9.06. The van der Waals surface area contributed by atoms with E-state index in [1.54, 1.807) is 29.0 Å². The van der Waals surface area contributed by atoms with Crippen molar-refractivity contribution in [3.05, 3.63) is 48.2 Å². The number of alkyl halides is 2. The second-order valence-corrected chi connectivity index (χ2v) is 17.3. The SMILES string of the molecule is Cc1ccc(S(=O)(=O)N2CC(F)(F)COc3nc4c(ccn4COCC[Si](C)(C)C)cc32)cc1. The normalized spacial score (nSPS) is 16.2. The number of anilines is 1. The molecule has 34 heavy (non-hydrogen) atoms. The zero-order valence-electron chi connectivity index (χ0n) is 19.7. The highest BCUT2D eigenvalue weighted by atomic mass is 32.2. The Hall–Kier alpha value is -2.50. The summed E-state index contributed by atoms with van der Waals surface area (Å²) in [6, 6.07) is 10.4. The van der Waals surface area contributed by atoms with Crippen LogP contribution in [0.1, 0.15) is 5.56 Å². The van der Waals surface area contributed by atoms with Gasteiger partial charge in [0.1, 0.15) is 24.6 Å². The van der Waals surface area contributed by atoms with Gasteiger partial charge in [-0.05, 0) is 37.2 Å². The number of aromatic nitrogens is 2. The Balaban J connectivity index is 1.70. The molecule has 0 N–H and O–H groups in total. The lowest BCUT2D eigenvalue weighted by molar-refractivity contribution is -0.0279. The number of hydrogen-bond donors (Lipinski definition) is 0. The van der Waals surface area contributed by atoms with Crippen LogP contribution in [0.5, 0.6) is 5.88 Å². The monoisotopic (exact) mass is 509 g/mol. The molecule has 2 aromatic heterocycles. The number of hydrogen-bond acceptors (Lipinski definition) is 5. The fourth-order valence-electron chi connectivity index (χ4n) is 3.58. The topological polar surface area (TPSA) is 73.7 Å². The minimum atomic E-state index is -4.27. The molecule has 3 aromatic rings. The molecule has 11 heteroatoms. The van der Waals surface area contributed by atoms with E-state index < -0.39 is 37.2 Å². The maximum atomic E-state index is 14.6. The number of sulfonamides is 1.